The van der Waals surface area contributed by atoms with Crippen molar-refractivity contribution in [3.05, 3.63) is 63.1 Å². The molecule has 1 aromatic carbocycles. The Morgan fingerprint density at radius 3 is 2.64 bits per heavy atom. The minimum Gasteiger partial charge on any atom is -0.487 e. The molecule has 36 heavy (non-hydrogen) atoms. The molecule has 9 heteroatoms. The molecule has 0 spiro atoms. The van der Waals surface area contributed by atoms with Gasteiger partial charge in [-0.15, -0.1) is 0 Å². The Morgan fingerprint density at radius 2 is 1.92 bits per heavy atom. The second kappa shape index (κ2) is 11.7. The number of unbranched alkanes of at least 4 members (excludes halogenated alkanes) is 1. The number of fused-ring (bicyclic) bond motifs is 1. The van der Waals surface area contributed by atoms with Gasteiger partial charge >= 0.3 is 0 Å². The van der Waals surface area contributed by atoms with Gasteiger partial charge in [0.1, 0.15) is 17.2 Å². The van der Waals surface area contributed by atoms with Gasteiger partial charge in [-0.1, -0.05) is 38.7 Å². The number of halogens is 2. The predicted molar refractivity (Wildman–Crippen MR) is 131 cm³/mol. The average molecular weight is 502 g/mol. The maximum atomic E-state index is 14.0. The van der Waals surface area contributed by atoms with Gasteiger partial charge in [0.15, 0.2) is 11.4 Å². The smallest absolute Gasteiger partial charge is 0.274 e. The zero-order valence-electron chi connectivity index (χ0n) is 20.7. The van der Waals surface area contributed by atoms with Crippen LogP contribution in [0.5, 0.6) is 5.75 Å². The molecule has 1 aliphatic heterocycles. The Labute approximate surface area is 209 Å². The van der Waals surface area contributed by atoms with E-state index in [0.717, 1.165) is 31.4 Å². The van der Waals surface area contributed by atoms with E-state index < -0.39 is 23.0 Å². The summed E-state index contributed by atoms with van der Waals surface area (Å²) in [6.07, 6.45) is 8.71. The molecule has 194 valence electrons. The van der Waals surface area contributed by atoms with E-state index >= 15 is 0 Å². The molecule has 1 aliphatic carbocycles. The molecule has 2 aliphatic rings. The van der Waals surface area contributed by atoms with E-state index in [2.05, 4.69) is 5.32 Å². The van der Waals surface area contributed by atoms with Crippen molar-refractivity contribution in [2.24, 2.45) is 5.92 Å². The van der Waals surface area contributed by atoms with E-state index in [4.69, 9.17) is 4.74 Å². The summed E-state index contributed by atoms with van der Waals surface area (Å²) in [6, 6.07) is 3.08. The lowest BCUT2D eigenvalue weighted by Gasteiger charge is -2.34. The van der Waals surface area contributed by atoms with Crippen LogP contribution in [-0.4, -0.2) is 41.0 Å². The Morgan fingerprint density at radius 1 is 1.14 bits per heavy atom. The van der Waals surface area contributed by atoms with Gasteiger partial charge in [0.05, 0.1) is 6.61 Å². The summed E-state index contributed by atoms with van der Waals surface area (Å²) < 4.78 is 34.6. The Balaban J connectivity index is 1.59. The molecule has 2 amide bonds. The second-order valence-corrected chi connectivity index (χ2v) is 9.62. The molecule has 2 aromatic rings. The number of ether oxygens (including phenoxy) is 1. The van der Waals surface area contributed by atoms with Crippen molar-refractivity contribution in [3.8, 4) is 5.75 Å². The third-order valence-electron chi connectivity index (χ3n) is 6.99. The minimum absolute atomic E-state index is 0.0933. The third-order valence-corrected chi connectivity index (χ3v) is 6.99. The normalized spacial score (nSPS) is 16.1. The number of carbonyl (C=O) groups is 2. The number of benzene rings is 1. The molecule has 0 unspecified atom stereocenters. The van der Waals surface area contributed by atoms with Gasteiger partial charge in [-0.3, -0.25) is 14.4 Å². The average Bonchev–Trinajstić information content (AvgIpc) is 2.87. The molecule has 0 bridgehead atoms. The first-order chi connectivity index (χ1) is 17.4. The number of aromatic nitrogens is 1. The first-order valence-electron chi connectivity index (χ1n) is 12.8. The van der Waals surface area contributed by atoms with Crippen LogP contribution in [0.3, 0.4) is 0 Å². The monoisotopic (exact) mass is 501 g/mol. The van der Waals surface area contributed by atoms with Crippen molar-refractivity contribution in [1.29, 1.82) is 0 Å². The van der Waals surface area contributed by atoms with Crippen molar-refractivity contribution >= 4 is 11.8 Å². The van der Waals surface area contributed by atoms with Crippen LogP contribution in [0.15, 0.2) is 29.2 Å². The predicted octanol–water partition coefficient (Wildman–Crippen LogP) is 4.27. The van der Waals surface area contributed by atoms with Crippen LogP contribution in [-0.2, 0) is 13.1 Å². The number of hydrogen-bond acceptors (Lipinski definition) is 4. The zero-order chi connectivity index (χ0) is 25.7. The molecule has 1 N–H and O–H groups in total. The first-order valence-corrected chi connectivity index (χ1v) is 12.8. The number of hydrogen-bond donors (Lipinski definition) is 1. The van der Waals surface area contributed by atoms with Gasteiger partial charge in [0, 0.05) is 44.0 Å². The molecule has 7 nitrogen and oxygen atoms in total. The van der Waals surface area contributed by atoms with Crippen molar-refractivity contribution < 1.29 is 23.1 Å². The SMILES string of the molecule is CCCCOc1c2n(cc(C(=O)NCc3ccc(F)cc3F)c1=O)CCN(CC1CCCCC1)C2=O. The van der Waals surface area contributed by atoms with Crippen LogP contribution >= 0.6 is 0 Å². The summed E-state index contributed by atoms with van der Waals surface area (Å²) in [5, 5.41) is 2.53. The zero-order valence-corrected chi connectivity index (χ0v) is 20.7. The number of pyridine rings is 1. The van der Waals surface area contributed by atoms with E-state index in [1.807, 2.05) is 6.92 Å². The highest BCUT2D eigenvalue weighted by atomic mass is 19.1. The van der Waals surface area contributed by atoms with Gasteiger partial charge in [0.25, 0.3) is 11.8 Å². The van der Waals surface area contributed by atoms with E-state index in [1.165, 1.54) is 31.5 Å². The van der Waals surface area contributed by atoms with Gasteiger partial charge in [-0.25, -0.2) is 8.78 Å². The van der Waals surface area contributed by atoms with Gasteiger partial charge < -0.3 is 19.5 Å². The number of nitrogens with zero attached hydrogens (tertiary/aromatic N) is 2. The van der Waals surface area contributed by atoms with Gasteiger partial charge in [0.2, 0.25) is 5.43 Å². The van der Waals surface area contributed by atoms with Crippen LogP contribution in [0, 0.1) is 17.6 Å². The molecule has 0 atom stereocenters. The maximum Gasteiger partial charge on any atom is 0.274 e. The lowest BCUT2D eigenvalue weighted by molar-refractivity contribution is 0.0647. The largest absolute Gasteiger partial charge is 0.487 e. The molecule has 4 rings (SSSR count). The van der Waals surface area contributed by atoms with Gasteiger partial charge in [-0.2, -0.15) is 0 Å². The first kappa shape index (κ1) is 25.9. The molecule has 1 saturated carbocycles. The highest BCUT2D eigenvalue weighted by molar-refractivity contribution is 5.99. The number of amides is 2. The van der Waals surface area contributed by atoms with Crippen LogP contribution in [0.2, 0.25) is 0 Å². The van der Waals surface area contributed by atoms with Crippen molar-refractivity contribution in [2.75, 3.05) is 19.7 Å². The number of nitrogens with one attached hydrogen (secondary N) is 1. The lowest BCUT2D eigenvalue weighted by Crippen LogP contribution is -2.45. The van der Waals surface area contributed by atoms with Crippen molar-refractivity contribution in [3.63, 3.8) is 0 Å². The van der Waals surface area contributed by atoms with Crippen LogP contribution in [0.4, 0.5) is 8.78 Å². The Hall–Kier alpha value is -3.23. The summed E-state index contributed by atoms with van der Waals surface area (Å²) in [6.45, 7) is 3.60. The van der Waals surface area contributed by atoms with E-state index in [9.17, 15) is 23.2 Å². The van der Waals surface area contributed by atoms with E-state index in [0.29, 0.717) is 32.0 Å². The molecule has 1 fully saturated rings. The fourth-order valence-corrected chi connectivity index (χ4v) is 4.92. The standard InChI is InChI=1S/C27H33F2N3O4/c1-2-3-13-36-25-23-27(35)32(16-18-7-5-4-6-8-18)12-11-31(23)17-21(24(25)33)26(34)30-15-19-9-10-20(28)14-22(19)29/h9-10,14,17-18H,2-8,11-13,15-16H2,1H3,(H,30,34). The second-order valence-electron chi connectivity index (χ2n) is 9.62. The molecule has 1 aromatic heterocycles. The van der Waals surface area contributed by atoms with E-state index in [1.54, 1.807) is 9.47 Å². The number of rotatable bonds is 9. The summed E-state index contributed by atoms with van der Waals surface area (Å²) in [4.78, 5) is 41.5. The third kappa shape index (κ3) is 5.77. The Bertz CT molecular complexity index is 1170. The molecular formula is C27H33F2N3O4. The topological polar surface area (TPSA) is 80.6 Å². The van der Waals surface area contributed by atoms with Crippen LogP contribution in [0.1, 0.15) is 78.3 Å². The highest BCUT2D eigenvalue weighted by Crippen LogP contribution is 2.28. The minimum atomic E-state index is -0.787. The molecule has 0 radical (unpaired) electrons. The Kier molecular flexibility index (Phi) is 8.38. The summed E-state index contributed by atoms with van der Waals surface area (Å²) in [5.74, 6) is -2.12. The summed E-state index contributed by atoms with van der Waals surface area (Å²) >= 11 is 0. The maximum absolute atomic E-state index is 14.0. The van der Waals surface area contributed by atoms with Crippen molar-refractivity contribution in [2.45, 2.75) is 65.0 Å². The number of carbonyl (C=O) groups excluding carboxylic acids is 2. The summed E-state index contributed by atoms with van der Waals surface area (Å²) in [5.41, 5.74) is -0.571. The lowest BCUT2D eigenvalue weighted by atomic mass is 9.88. The van der Waals surface area contributed by atoms with Crippen LogP contribution in [0.25, 0.3) is 0 Å². The van der Waals surface area contributed by atoms with Gasteiger partial charge in [-0.05, 0) is 31.2 Å². The van der Waals surface area contributed by atoms with Crippen LogP contribution < -0.4 is 15.5 Å². The quantitative estimate of drug-likeness (QED) is 0.521. The summed E-state index contributed by atoms with van der Waals surface area (Å²) in [7, 11) is 0. The van der Waals surface area contributed by atoms with Crippen molar-refractivity contribution in [1.82, 2.24) is 14.8 Å². The fraction of sp³-hybridized carbons (Fsp3) is 0.519. The molecule has 2 heterocycles. The van der Waals surface area contributed by atoms with E-state index in [-0.39, 0.29) is 41.6 Å². The fourth-order valence-electron chi connectivity index (χ4n) is 4.92. The molecule has 0 saturated heterocycles. The highest BCUT2D eigenvalue weighted by Gasteiger charge is 2.33. The molecular weight excluding hydrogens is 468 g/mol.